The standard InChI is InChI=1S/C16H18N2O4S/c19-15(18-8-4-5-9-18)12-23(20,21)11-14-10-22-16(17-14)13-6-2-1-3-7-13/h1-3,6-7,10H,4-5,8-9,11-12H2. The summed E-state index contributed by atoms with van der Waals surface area (Å²) in [7, 11) is -3.55. The van der Waals surface area contributed by atoms with E-state index in [0.29, 0.717) is 24.7 Å². The zero-order valence-electron chi connectivity index (χ0n) is 12.6. The van der Waals surface area contributed by atoms with Gasteiger partial charge in [0.15, 0.2) is 9.84 Å². The molecule has 0 saturated carbocycles. The molecule has 1 aliphatic heterocycles. The first-order valence-electron chi connectivity index (χ1n) is 7.51. The predicted molar refractivity (Wildman–Crippen MR) is 85.2 cm³/mol. The number of sulfone groups is 1. The molecule has 7 heteroatoms. The number of amides is 1. The molecule has 3 rings (SSSR count). The number of rotatable bonds is 5. The third kappa shape index (κ3) is 3.98. The maximum Gasteiger partial charge on any atom is 0.237 e. The summed E-state index contributed by atoms with van der Waals surface area (Å²) in [6.07, 6.45) is 3.21. The zero-order chi connectivity index (χ0) is 16.3. The molecule has 0 N–H and O–H groups in total. The van der Waals surface area contributed by atoms with Gasteiger partial charge in [-0.2, -0.15) is 0 Å². The van der Waals surface area contributed by atoms with Crippen molar-refractivity contribution in [2.45, 2.75) is 18.6 Å². The highest BCUT2D eigenvalue weighted by molar-refractivity contribution is 7.91. The smallest absolute Gasteiger partial charge is 0.237 e. The lowest BCUT2D eigenvalue weighted by atomic mass is 10.2. The highest BCUT2D eigenvalue weighted by Gasteiger charge is 2.25. The molecule has 0 bridgehead atoms. The van der Waals surface area contributed by atoms with Gasteiger partial charge in [0, 0.05) is 18.7 Å². The van der Waals surface area contributed by atoms with E-state index < -0.39 is 15.6 Å². The molecule has 0 spiro atoms. The SMILES string of the molecule is O=C(CS(=O)(=O)Cc1coc(-c2ccccc2)n1)N1CCCC1. The highest BCUT2D eigenvalue weighted by Crippen LogP contribution is 2.19. The van der Waals surface area contributed by atoms with Gasteiger partial charge in [0.1, 0.15) is 12.0 Å². The summed E-state index contributed by atoms with van der Waals surface area (Å²) in [5, 5.41) is 0. The lowest BCUT2D eigenvalue weighted by Crippen LogP contribution is -2.33. The van der Waals surface area contributed by atoms with Gasteiger partial charge in [-0.25, -0.2) is 13.4 Å². The van der Waals surface area contributed by atoms with E-state index in [1.54, 1.807) is 4.90 Å². The van der Waals surface area contributed by atoms with E-state index in [0.717, 1.165) is 18.4 Å². The summed E-state index contributed by atoms with van der Waals surface area (Å²) < 4.78 is 29.7. The van der Waals surface area contributed by atoms with Gasteiger partial charge in [0.05, 0.1) is 11.4 Å². The number of likely N-dealkylation sites (tertiary alicyclic amines) is 1. The molecule has 1 fully saturated rings. The van der Waals surface area contributed by atoms with Crippen molar-refractivity contribution in [1.29, 1.82) is 0 Å². The van der Waals surface area contributed by atoms with Crippen LogP contribution in [0.15, 0.2) is 41.0 Å². The van der Waals surface area contributed by atoms with Crippen LogP contribution in [0.3, 0.4) is 0 Å². The minimum absolute atomic E-state index is 0.289. The summed E-state index contributed by atoms with van der Waals surface area (Å²) in [5.41, 5.74) is 1.10. The second-order valence-electron chi connectivity index (χ2n) is 5.63. The Balaban J connectivity index is 1.66. The molecule has 1 saturated heterocycles. The summed E-state index contributed by atoms with van der Waals surface area (Å²) in [6.45, 7) is 1.30. The van der Waals surface area contributed by atoms with Crippen LogP contribution in [-0.4, -0.2) is 43.1 Å². The van der Waals surface area contributed by atoms with Gasteiger partial charge in [0.25, 0.3) is 0 Å². The van der Waals surface area contributed by atoms with E-state index in [4.69, 9.17) is 4.42 Å². The molecule has 0 atom stereocenters. The normalized spacial score (nSPS) is 15.0. The summed E-state index contributed by atoms with van der Waals surface area (Å²) in [6, 6.07) is 9.25. The average molecular weight is 334 g/mol. The minimum Gasteiger partial charge on any atom is -0.444 e. The van der Waals surface area contributed by atoms with Crippen LogP contribution in [0.5, 0.6) is 0 Å². The molecule has 23 heavy (non-hydrogen) atoms. The summed E-state index contributed by atoms with van der Waals surface area (Å²) in [4.78, 5) is 17.8. The van der Waals surface area contributed by atoms with Crippen molar-refractivity contribution >= 4 is 15.7 Å². The molecule has 1 aliphatic rings. The van der Waals surface area contributed by atoms with Crippen LogP contribution >= 0.6 is 0 Å². The van der Waals surface area contributed by atoms with Crippen LogP contribution in [0.2, 0.25) is 0 Å². The monoisotopic (exact) mass is 334 g/mol. The molecule has 2 aromatic rings. The molecule has 6 nitrogen and oxygen atoms in total. The van der Waals surface area contributed by atoms with E-state index in [1.165, 1.54) is 6.26 Å². The van der Waals surface area contributed by atoms with Crippen LogP contribution in [0.4, 0.5) is 0 Å². The topological polar surface area (TPSA) is 80.5 Å². The molecular weight excluding hydrogens is 316 g/mol. The molecule has 0 unspecified atom stereocenters. The number of hydrogen-bond acceptors (Lipinski definition) is 5. The number of benzene rings is 1. The van der Waals surface area contributed by atoms with Gasteiger partial charge in [-0.15, -0.1) is 0 Å². The van der Waals surface area contributed by atoms with Gasteiger partial charge >= 0.3 is 0 Å². The lowest BCUT2D eigenvalue weighted by Gasteiger charge is -2.14. The number of nitrogens with zero attached hydrogens (tertiary/aromatic N) is 2. The molecule has 122 valence electrons. The van der Waals surface area contributed by atoms with E-state index >= 15 is 0 Å². The molecule has 0 aliphatic carbocycles. The Labute approximate surface area is 135 Å². The highest BCUT2D eigenvalue weighted by atomic mass is 32.2. The van der Waals surface area contributed by atoms with Gasteiger partial charge in [-0.05, 0) is 25.0 Å². The van der Waals surface area contributed by atoms with Gasteiger partial charge in [-0.1, -0.05) is 18.2 Å². The lowest BCUT2D eigenvalue weighted by molar-refractivity contribution is -0.127. The fourth-order valence-electron chi connectivity index (χ4n) is 2.61. The van der Waals surface area contributed by atoms with E-state index in [-0.39, 0.29) is 11.7 Å². The van der Waals surface area contributed by atoms with Crippen molar-refractivity contribution in [1.82, 2.24) is 9.88 Å². The number of carbonyl (C=O) groups is 1. The number of aromatic nitrogens is 1. The van der Waals surface area contributed by atoms with Gasteiger partial charge in [-0.3, -0.25) is 4.79 Å². The van der Waals surface area contributed by atoms with Crippen molar-refractivity contribution in [2.24, 2.45) is 0 Å². The Hall–Kier alpha value is -2.15. The zero-order valence-corrected chi connectivity index (χ0v) is 13.5. The Morgan fingerprint density at radius 3 is 2.57 bits per heavy atom. The summed E-state index contributed by atoms with van der Waals surface area (Å²) >= 11 is 0. The van der Waals surface area contributed by atoms with Gasteiger partial charge in [0.2, 0.25) is 11.8 Å². The van der Waals surface area contributed by atoms with E-state index in [9.17, 15) is 13.2 Å². The Kier molecular flexibility index (Phi) is 4.47. The Bertz CT molecular complexity index is 777. The Morgan fingerprint density at radius 1 is 1.17 bits per heavy atom. The third-order valence-corrected chi connectivity index (χ3v) is 5.16. The maximum atomic E-state index is 12.2. The van der Waals surface area contributed by atoms with Crippen molar-refractivity contribution in [3.63, 3.8) is 0 Å². The van der Waals surface area contributed by atoms with Crippen molar-refractivity contribution < 1.29 is 17.6 Å². The third-order valence-electron chi connectivity index (χ3n) is 3.74. The van der Waals surface area contributed by atoms with E-state index in [2.05, 4.69) is 4.98 Å². The van der Waals surface area contributed by atoms with Crippen molar-refractivity contribution in [3.05, 3.63) is 42.3 Å². The Morgan fingerprint density at radius 2 is 1.87 bits per heavy atom. The molecule has 1 amide bonds. The largest absolute Gasteiger partial charge is 0.444 e. The van der Waals surface area contributed by atoms with Gasteiger partial charge < -0.3 is 9.32 Å². The summed E-state index contributed by atoms with van der Waals surface area (Å²) in [5.74, 6) is -0.709. The van der Waals surface area contributed by atoms with Crippen LogP contribution in [0.1, 0.15) is 18.5 Å². The molecule has 2 heterocycles. The minimum atomic E-state index is -3.55. The van der Waals surface area contributed by atoms with E-state index in [1.807, 2.05) is 30.3 Å². The van der Waals surface area contributed by atoms with Crippen LogP contribution in [0.25, 0.3) is 11.5 Å². The maximum absolute atomic E-state index is 12.2. The second-order valence-corrected chi connectivity index (χ2v) is 7.69. The fraction of sp³-hybridized carbons (Fsp3) is 0.375. The van der Waals surface area contributed by atoms with Crippen LogP contribution in [-0.2, 0) is 20.4 Å². The quantitative estimate of drug-likeness (QED) is 0.834. The number of carbonyl (C=O) groups excluding carboxylic acids is 1. The predicted octanol–water partition coefficient (Wildman–Crippen LogP) is 1.88. The first-order chi connectivity index (χ1) is 11.0. The fourth-order valence-corrected chi connectivity index (χ4v) is 3.85. The van der Waals surface area contributed by atoms with Crippen LogP contribution < -0.4 is 0 Å². The molecular formula is C16H18N2O4S. The number of hydrogen-bond donors (Lipinski definition) is 0. The molecule has 0 radical (unpaired) electrons. The van der Waals surface area contributed by atoms with Crippen molar-refractivity contribution in [3.8, 4) is 11.5 Å². The second kappa shape index (κ2) is 6.54. The first-order valence-corrected chi connectivity index (χ1v) is 9.34. The van der Waals surface area contributed by atoms with Crippen LogP contribution in [0, 0.1) is 0 Å². The molecule has 1 aromatic carbocycles. The number of oxazole rings is 1. The first kappa shape index (κ1) is 15.7. The van der Waals surface area contributed by atoms with Crippen molar-refractivity contribution in [2.75, 3.05) is 18.8 Å². The average Bonchev–Trinajstić information content (AvgIpc) is 3.18. The molecule has 1 aromatic heterocycles.